The van der Waals surface area contributed by atoms with Crippen LogP contribution in [0.15, 0.2) is 42.5 Å². The first-order valence-corrected chi connectivity index (χ1v) is 6.11. The number of rotatable bonds is 3. The fourth-order valence-corrected chi connectivity index (χ4v) is 1.80. The predicted molar refractivity (Wildman–Crippen MR) is 72.5 cm³/mol. The number of hydrogen-bond acceptors (Lipinski definition) is 3. The molecule has 0 atom stereocenters. The van der Waals surface area contributed by atoms with Gasteiger partial charge in [0.25, 0.3) is 11.6 Å². The van der Waals surface area contributed by atoms with Crippen LogP contribution in [-0.4, -0.2) is 10.8 Å². The number of benzene rings is 2. The lowest BCUT2D eigenvalue weighted by Gasteiger charge is -2.10. The number of nitro benzene ring substituents is 1. The number of carbonyl (C=O) groups excluding carboxylic acids is 1. The Bertz CT molecular complexity index is 758. The van der Waals surface area contributed by atoms with Crippen molar-refractivity contribution in [3.05, 3.63) is 69.5 Å². The number of hydrogen-bond donors (Lipinski definition) is 1. The predicted octanol–water partition coefficient (Wildman–Crippen LogP) is 4.01. The van der Waals surface area contributed by atoms with E-state index < -0.39 is 34.1 Å². The fourth-order valence-electron chi connectivity index (χ4n) is 1.80. The Kier molecular flexibility index (Phi) is 4.30. The van der Waals surface area contributed by atoms with Crippen LogP contribution >= 0.6 is 0 Å². The van der Waals surface area contributed by atoms with Crippen molar-refractivity contribution in [2.24, 2.45) is 0 Å². The van der Waals surface area contributed by atoms with E-state index in [1.54, 1.807) is 0 Å². The van der Waals surface area contributed by atoms with Gasteiger partial charge < -0.3 is 5.32 Å². The molecule has 0 unspecified atom stereocenters. The molecule has 0 aliphatic rings. The third-order valence-corrected chi connectivity index (χ3v) is 2.86. The van der Waals surface area contributed by atoms with Gasteiger partial charge in [0.2, 0.25) is 0 Å². The van der Waals surface area contributed by atoms with Gasteiger partial charge in [-0.3, -0.25) is 14.9 Å². The number of nitro groups is 1. The third kappa shape index (κ3) is 3.82. The normalized spacial score (nSPS) is 11.1. The van der Waals surface area contributed by atoms with Crippen LogP contribution in [0.25, 0.3) is 0 Å². The Morgan fingerprint density at radius 2 is 1.70 bits per heavy atom. The topological polar surface area (TPSA) is 72.2 Å². The minimum Gasteiger partial charge on any atom is -0.322 e. The molecule has 2 aromatic carbocycles. The van der Waals surface area contributed by atoms with Gasteiger partial charge in [-0.15, -0.1) is 0 Å². The van der Waals surface area contributed by atoms with Gasteiger partial charge in [-0.25, -0.2) is 4.39 Å². The van der Waals surface area contributed by atoms with E-state index in [0.717, 1.165) is 30.3 Å². The van der Waals surface area contributed by atoms with Crippen LogP contribution in [0.1, 0.15) is 15.9 Å². The third-order valence-electron chi connectivity index (χ3n) is 2.86. The van der Waals surface area contributed by atoms with E-state index in [1.807, 2.05) is 0 Å². The second-order valence-corrected chi connectivity index (χ2v) is 4.45. The van der Waals surface area contributed by atoms with Gasteiger partial charge in [0, 0.05) is 17.3 Å². The Hall–Kier alpha value is -2.97. The molecule has 0 spiro atoms. The summed E-state index contributed by atoms with van der Waals surface area (Å²) in [6.07, 6.45) is -4.95. The fraction of sp³-hybridized carbons (Fsp3) is 0.0714. The summed E-state index contributed by atoms with van der Waals surface area (Å²) in [5.41, 5.74) is -2.83. The largest absolute Gasteiger partial charge is 0.423 e. The Labute approximate surface area is 126 Å². The molecular formula is C14H8F4N2O3. The SMILES string of the molecule is O=C(Nc1ccc([N+](=O)[O-])c(C(F)(F)F)c1)c1ccc(F)cc1. The molecule has 0 aliphatic heterocycles. The van der Waals surface area contributed by atoms with Crippen LogP contribution in [-0.2, 0) is 6.18 Å². The number of amides is 1. The number of halogens is 4. The van der Waals surface area contributed by atoms with E-state index in [2.05, 4.69) is 5.32 Å². The highest BCUT2D eigenvalue weighted by molar-refractivity contribution is 6.04. The molecule has 0 fully saturated rings. The summed E-state index contributed by atoms with van der Waals surface area (Å²) in [4.78, 5) is 21.3. The van der Waals surface area contributed by atoms with E-state index in [9.17, 15) is 32.5 Å². The summed E-state index contributed by atoms with van der Waals surface area (Å²) in [6.45, 7) is 0. The standard InChI is InChI=1S/C14H8F4N2O3/c15-9-3-1-8(2-4-9)13(21)19-10-5-6-12(20(22)23)11(7-10)14(16,17)18/h1-7H,(H,19,21). The van der Waals surface area contributed by atoms with E-state index in [0.29, 0.717) is 12.1 Å². The quantitative estimate of drug-likeness (QED) is 0.526. The molecule has 0 saturated heterocycles. The van der Waals surface area contributed by atoms with Crippen LogP contribution in [0.2, 0.25) is 0 Å². The van der Waals surface area contributed by atoms with Crippen molar-refractivity contribution < 1.29 is 27.3 Å². The van der Waals surface area contributed by atoms with Crippen LogP contribution in [0.5, 0.6) is 0 Å². The Balaban J connectivity index is 2.32. The van der Waals surface area contributed by atoms with Crippen LogP contribution < -0.4 is 5.32 Å². The maximum Gasteiger partial charge on any atom is 0.423 e. The van der Waals surface area contributed by atoms with Gasteiger partial charge in [-0.2, -0.15) is 13.2 Å². The first-order valence-electron chi connectivity index (χ1n) is 6.11. The van der Waals surface area contributed by atoms with Crippen molar-refractivity contribution in [3.8, 4) is 0 Å². The molecule has 2 rings (SSSR count). The van der Waals surface area contributed by atoms with Crippen molar-refractivity contribution in [2.75, 3.05) is 5.32 Å². The molecule has 120 valence electrons. The lowest BCUT2D eigenvalue weighted by atomic mass is 10.1. The molecule has 0 aliphatic carbocycles. The second-order valence-electron chi connectivity index (χ2n) is 4.45. The minimum atomic E-state index is -4.95. The zero-order valence-electron chi connectivity index (χ0n) is 11.2. The first kappa shape index (κ1) is 16.4. The molecule has 1 N–H and O–H groups in total. The van der Waals surface area contributed by atoms with Gasteiger partial charge in [-0.1, -0.05) is 0 Å². The van der Waals surface area contributed by atoms with Crippen molar-refractivity contribution in [2.45, 2.75) is 6.18 Å². The minimum absolute atomic E-state index is 0.0262. The maximum atomic E-state index is 12.8. The molecule has 5 nitrogen and oxygen atoms in total. The molecule has 2 aromatic rings. The monoisotopic (exact) mass is 328 g/mol. The van der Waals surface area contributed by atoms with Crippen molar-refractivity contribution >= 4 is 17.3 Å². The number of nitrogens with zero attached hydrogens (tertiary/aromatic N) is 1. The summed E-state index contributed by atoms with van der Waals surface area (Å²) in [5.74, 6) is -1.34. The highest BCUT2D eigenvalue weighted by Crippen LogP contribution is 2.37. The van der Waals surface area contributed by atoms with Gasteiger partial charge in [-0.05, 0) is 36.4 Å². The van der Waals surface area contributed by atoms with Crippen molar-refractivity contribution in [3.63, 3.8) is 0 Å². The number of anilines is 1. The summed E-state index contributed by atoms with van der Waals surface area (Å²) < 4.78 is 51.3. The summed E-state index contributed by atoms with van der Waals surface area (Å²) in [7, 11) is 0. The van der Waals surface area contributed by atoms with Gasteiger partial charge in [0.05, 0.1) is 4.92 Å². The number of alkyl halides is 3. The summed E-state index contributed by atoms with van der Waals surface area (Å²) >= 11 is 0. The van der Waals surface area contributed by atoms with Gasteiger partial charge in [0.15, 0.2) is 0 Å². The van der Waals surface area contributed by atoms with Crippen LogP contribution in [0.4, 0.5) is 28.9 Å². The molecule has 23 heavy (non-hydrogen) atoms. The Morgan fingerprint density at radius 3 is 2.22 bits per heavy atom. The average Bonchev–Trinajstić information content (AvgIpc) is 2.46. The van der Waals surface area contributed by atoms with Crippen molar-refractivity contribution in [1.29, 1.82) is 0 Å². The number of nitrogens with one attached hydrogen (secondary N) is 1. The average molecular weight is 328 g/mol. The highest BCUT2D eigenvalue weighted by Gasteiger charge is 2.38. The zero-order valence-corrected chi connectivity index (χ0v) is 11.2. The first-order chi connectivity index (χ1) is 10.7. The lowest BCUT2D eigenvalue weighted by Crippen LogP contribution is -2.14. The van der Waals surface area contributed by atoms with Crippen LogP contribution in [0, 0.1) is 15.9 Å². The summed E-state index contributed by atoms with van der Waals surface area (Å²) in [6, 6.07) is 6.46. The lowest BCUT2D eigenvalue weighted by molar-refractivity contribution is -0.388. The molecule has 0 radical (unpaired) electrons. The van der Waals surface area contributed by atoms with E-state index in [-0.39, 0.29) is 11.3 Å². The smallest absolute Gasteiger partial charge is 0.322 e. The molecule has 9 heteroatoms. The molecule has 0 saturated carbocycles. The molecule has 1 amide bonds. The van der Waals surface area contributed by atoms with Gasteiger partial charge >= 0.3 is 6.18 Å². The van der Waals surface area contributed by atoms with E-state index in [4.69, 9.17) is 0 Å². The maximum absolute atomic E-state index is 12.8. The van der Waals surface area contributed by atoms with E-state index in [1.165, 1.54) is 0 Å². The second kappa shape index (κ2) is 6.03. The number of carbonyl (C=O) groups is 1. The van der Waals surface area contributed by atoms with E-state index >= 15 is 0 Å². The Morgan fingerprint density at radius 1 is 1.09 bits per heavy atom. The molecular weight excluding hydrogens is 320 g/mol. The molecule has 0 aromatic heterocycles. The van der Waals surface area contributed by atoms with Crippen molar-refractivity contribution in [1.82, 2.24) is 0 Å². The zero-order chi connectivity index (χ0) is 17.2. The summed E-state index contributed by atoms with van der Waals surface area (Å²) in [5, 5.41) is 12.8. The highest BCUT2D eigenvalue weighted by atomic mass is 19.4. The molecule has 0 heterocycles. The van der Waals surface area contributed by atoms with Crippen LogP contribution in [0.3, 0.4) is 0 Å². The molecule has 0 bridgehead atoms. The van der Waals surface area contributed by atoms with Gasteiger partial charge in [0.1, 0.15) is 11.4 Å².